The van der Waals surface area contributed by atoms with Gasteiger partial charge in [-0.1, -0.05) is 32.9 Å². The van der Waals surface area contributed by atoms with Gasteiger partial charge in [0, 0.05) is 6.04 Å². The van der Waals surface area contributed by atoms with E-state index in [0.29, 0.717) is 12.2 Å². The fourth-order valence-corrected chi connectivity index (χ4v) is 4.62. The summed E-state index contributed by atoms with van der Waals surface area (Å²) in [6.45, 7) is 6.66. The maximum absolute atomic E-state index is 12.2. The molecule has 27 heavy (non-hydrogen) atoms. The maximum Gasteiger partial charge on any atom is 0.287 e. The molecule has 6 nitrogen and oxygen atoms in total. The Hall–Kier alpha value is -2.28. The number of hydrogen-bond acceptors (Lipinski definition) is 5. The molecule has 1 aliphatic heterocycles. The molecule has 1 aromatic carbocycles. The number of benzene rings is 1. The maximum atomic E-state index is 12.2. The van der Waals surface area contributed by atoms with E-state index in [1.165, 1.54) is 5.56 Å². The first kappa shape index (κ1) is 19.5. The molecule has 2 heterocycles. The van der Waals surface area contributed by atoms with Crippen molar-refractivity contribution >= 4 is 15.7 Å². The van der Waals surface area contributed by atoms with Crippen molar-refractivity contribution in [3.8, 4) is 5.75 Å². The lowest BCUT2D eigenvalue weighted by atomic mass is 9.87. The zero-order valence-corrected chi connectivity index (χ0v) is 16.6. The number of amides is 1. The molecular formula is C20H25NO5S. The number of ether oxygens (including phenoxy) is 1. The van der Waals surface area contributed by atoms with Crippen LogP contribution in [-0.4, -0.2) is 31.9 Å². The van der Waals surface area contributed by atoms with Crippen molar-refractivity contribution in [1.82, 2.24) is 5.32 Å². The van der Waals surface area contributed by atoms with E-state index in [9.17, 15) is 13.2 Å². The highest BCUT2D eigenvalue weighted by atomic mass is 32.2. The third-order valence-corrected chi connectivity index (χ3v) is 6.32. The molecule has 2 aromatic rings. The van der Waals surface area contributed by atoms with Gasteiger partial charge in [0.25, 0.3) is 5.91 Å². The van der Waals surface area contributed by atoms with E-state index in [2.05, 4.69) is 26.1 Å². The number of sulfone groups is 1. The molecule has 0 spiro atoms. The second-order valence-corrected chi connectivity index (χ2v) is 10.1. The van der Waals surface area contributed by atoms with Crippen LogP contribution in [0.25, 0.3) is 0 Å². The first-order valence-corrected chi connectivity index (χ1v) is 10.8. The summed E-state index contributed by atoms with van der Waals surface area (Å²) in [5, 5.41) is 2.71. The molecule has 3 rings (SSSR count). The fourth-order valence-electron chi connectivity index (χ4n) is 2.95. The Kier molecular flexibility index (Phi) is 5.33. The highest BCUT2D eigenvalue weighted by Gasteiger charge is 2.29. The topological polar surface area (TPSA) is 85.6 Å². The SMILES string of the molecule is CC(C)(C)c1ccc(OCc2ccc(C(=O)NC3CCS(=O)(=O)C3)o2)cc1. The second-order valence-electron chi connectivity index (χ2n) is 7.90. The highest BCUT2D eigenvalue weighted by molar-refractivity contribution is 7.91. The van der Waals surface area contributed by atoms with Crippen molar-refractivity contribution in [3.05, 3.63) is 53.5 Å². The van der Waals surface area contributed by atoms with Gasteiger partial charge in [0.15, 0.2) is 15.6 Å². The molecule has 1 atom stereocenters. The molecule has 0 bridgehead atoms. The van der Waals surface area contributed by atoms with Gasteiger partial charge in [-0.3, -0.25) is 4.79 Å². The van der Waals surface area contributed by atoms with Crippen LogP contribution in [0, 0.1) is 0 Å². The van der Waals surface area contributed by atoms with Crippen LogP contribution in [0.3, 0.4) is 0 Å². The van der Waals surface area contributed by atoms with Gasteiger partial charge in [0.2, 0.25) is 0 Å². The average Bonchev–Trinajstić information content (AvgIpc) is 3.19. The Balaban J connectivity index is 1.54. The first-order valence-electron chi connectivity index (χ1n) is 8.96. The number of nitrogens with one attached hydrogen (secondary N) is 1. The third kappa shape index (κ3) is 5.13. The van der Waals surface area contributed by atoms with E-state index in [1.54, 1.807) is 12.1 Å². The van der Waals surface area contributed by atoms with Gasteiger partial charge in [-0.05, 0) is 41.7 Å². The van der Waals surface area contributed by atoms with Crippen molar-refractivity contribution in [2.45, 2.75) is 45.3 Å². The molecule has 1 fully saturated rings. The Labute approximate surface area is 159 Å². The molecule has 1 unspecified atom stereocenters. The lowest BCUT2D eigenvalue weighted by Crippen LogP contribution is -2.35. The number of hydrogen-bond donors (Lipinski definition) is 1. The minimum Gasteiger partial charge on any atom is -0.486 e. The van der Waals surface area contributed by atoms with Crippen LogP contribution in [0.2, 0.25) is 0 Å². The van der Waals surface area contributed by atoms with Crippen LogP contribution in [0.4, 0.5) is 0 Å². The van der Waals surface area contributed by atoms with Crippen LogP contribution in [-0.2, 0) is 21.9 Å². The predicted molar refractivity (Wildman–Crippen MR) is 103 cm³/mol. The normalized spacial score (nSPS) is 19.0. The van der Waals surface area contributed by atoms with E-state index in [4.69, 9.17) is 9.15 Å². The van der Waals surface area contributed by atoms with Crippen molar-refractivity contribution in [3.63, 3.8) is 0 Å². The summed E-state index contributed by atoms with van der Waals surface area (Å²) >= 11 is 0. The predicted octanol–water partition coefficient (Wildman–Crippen LogP) is 3.07. The summed E-state index contributed by atoms with van der Waals surface area (Å²) in [5.41, 5.74) is 1.31. The first-order chi connectivity index (χ1) is 12.6. The molecule has 1 aliphatic rings. The molecule has 0 saturated carbocycles. The quantitative estimate of drug-likeness (QED) is 0.847. The van der Waals surface area contributed by atoms with Crippen molar-refractivity contribution in [1.29, 1.82) is 0 Å². The van der Waals surface area contributed by atoms with Crippen LogP contribution >= 0.6 is 0 Å². The molecular weight excluding hydrogens is 366 g/mol. The van der Waals surface area contributed by atoms with E-state index >= 15 is 0 Å². The summed E-state index contributed by atoms with van der Waals surface area (Å²) < 4.78 is 34.2. The summed E-state index contributed by atoms with van der Waals surface area (Å²) in [7, 11) is -3.04. The fraction of sp³-hybridized carbons (Fsp3) is 0.450. The van der Waals surface area contributed by atoms with E-state index in [1.807, 2.05) is 24.3 Å². The monoisotopic (exact) mass is 391 g/mol. The molecule has 146 valence electrons. The number of rotatable bonds is 5. The number of carbonyl (C=O) groups excluding carboxylic acids is 1. The largest absolute Gasteiger partial charge is 0.486 e. The van der Waals surface area contributed by atoms with Crippen molar-refractivity contribution in [2.24, 2.45) is 0 Å². The van der Waals surface area contributed by atoms with Gasteiger partial charge >= 0.3 is 0 Å². The van der Waals surface area contributed by atoms with Gasteiger partial charge in [-0.2, -0.15) is 0 Å². The van der Waals surface area contributed by atoms with Gasteiger partial charge < -0.3 is 14.5 Å². The lowest BCUT2D eigenvalue weighted by molar-refractivity contribution is 0.0909. The lowest BCUT2D eigenvalue weighted by Gasteiger charge is -2.19. The minimum atomic E-state index is -3.04. The highest BCUT2D eigenvalue weighted by Crippen LogP contribution is 2.24. The third-order valence-electron chi connectivity index (χ3n) is 4.55. The van der Waals surface area contributed by atoms with E-state index < -0.39 is 15.7 Å². The van der Waals surface area contributed by atoms with Gasteiger partial charge in [-0.15, -0.1) is 0 Å². The average molecular weight is 391 g/mol. The zero-order chi connectivity index (χ0) is 19.7. The molecule has 1 aromatic heterocycles. The van der Waals surface area contributed by atoms with Crippen LogP contribution in [0.1, 0.15) is 49.1 Å². The molecule has 0 radical (unpaired) electrons. The van der Waals surface area contributed by atoms with Crippen LogP contribution in [0.5, 0.6) is 5.75 Å². The van der Waals surface area contributed by atoms with E-state index in [0.717, 1.165) is 5.75 Å². The van der Waals surface area contributed by atoms with E-state index in [-0.39, 0.29) is 35.3 Å². The number of furan rings is 1. The molecule has 7 heteroatoms. The van der Waals surface area contributed by atoms with Crippen LogP contribution in [0.15, 0.2) is 40.8 Å². The summed E-state index contributed by atoms with van der Waals surface area (Å²) in [6.07, 6.45) is 0.440. The van der Waals surface area contributed by atoms with Crippen molar-refractivity contribution in [2.75, 3.05) is 11.5 Å². The van der Waals surface area contributed by atoms with Crippen molar-refractivity contribution < 1.29 is 22.4 Å². The Morgan fingerprint density at radius 2 is 1.89 bits per heavy atom. The van der Waals surface area contributed by atoms with Gasteiger partial charge in [-0.25, -0.2) is 8.42 Å². The van der Waals surface area contributed by atoms with Gasteiger partial charge in [0.05, 0.1) is 11.5 Å². The summed E-state index contributed by atoms with van der Waals surface area (Å²) in [6, 6.07) is 10.8. The summed E-state index contributed by atoms with van der Waals surface area (Å²) in [5.74, 6) is 1.10. The molecule has 1 amide bonds. The second kappa shape index (κ2) is 7.38. The smallest absolute Gasteiger partial charge is 0.287 e. The molecule has 0 aliphatic carbocycles. The zero-order valence-electron chi connectivity index (χ0n) is 15.8. The molecule has 1 saturated heterocycles. The van der Waals surface area contributed by atoms with Crippen LogP contribution < -0.4 is 10.1 Å². The Morgan fingerprint density at radius 3 is 2.48 bits per heavy atom. The Morgan fingerprint density at radius 1 is 1.19 bits per heavy atom. The Bertz CT molecular complexity index is 907. The minimum absolute atomic E-state index is 0.0139. The standard InChI is InChI=1S/C20H25NO5S/c1-20(2,3)14-4-6-16(7-5-14)25-12-17-8-9-18(26-17)19(22)21-15-10-11-27(23,24)13-15/h4-9,15H,10-13H2,1-3H3,(H,21,22). The molecule has 1 N–H and O–H groups in total. The number of carbonyl (C=O) groups is 1. The van der Waals surface area contributed by atoms with Gasteiger partial charge in [0.1, 0.15) is 18.1 Å². The summed E-state index contributed by atoms with van der Waals surface area (Å²) in [4.78, 5) is 12.2.